The molecule has 1 aromatic carbocycles. The second kappa shape index (κ2) is 9.62. The van der Waals surface area contributed by atoms with Crippen molar-refractivity contribution in [2.45, 2.75) is 63.3 Å². The van der Waals surface area contributed by atoms with Gasteiger partial charge in [0.2, 0.25) is 15.0 Å². The van der Waals surface area contributed by atoms with Gasteiger partial charge >= 0.3 is 0 Å². The number of nitrogens with one attached hydrogen (secondary N) is 1. The average molecular weight is 481 g/mol. The summed E-state index contributed by atoms with van der Waals surface area (Å²) in [6.45, 7) is 13.6. The maximum Gasteiger partial charge on any atom is 0.248 e. The van der Waals surface area contributed by atoms with Crippen LogP contribution in [0.15, 0.2) is 47.8 Å². The van der Waals surface area contributed by atoms with Gasteiger partial charge in [0.05, 0.1) is 5.39 Å². The summed E-state index contributed by atoms with van der Waals surface area (Å²) in [7, 11) is -5.53. The Morgan fingerprint density at radius 1 is 0.939 bits per heavy atom. The molecule has 0 atom stereocenters. The van der Waals surface area contributed by atoms with Gasteiger partial charge < -0.3 is 5.32 Å². The molecule has 2 aromatic heterocycles. The zero-order valence-corrected chi connectivity index (χ0v) is 22.2. The minimum Gasteiger partial charge on any atom is -0.340 e. The molecule has 6 nitrogen and oxygen atoms in total. The first kappa shape index (κ1) is 24.9. The summed E-state index contributed by atoms with van der Waals surface area (Å²) >= 11 is 0. The Bertz CT molecular complexity index is 1290. The maximum atomic E-state index is 12.0. The molecule has 3 aromatic rings. The molecule has 1 N–H and O–H groups in total. The van der Waals surface area contributed by atoms with Crippen LogP contribution >= 0.6 is 0 Å². The molecule has 174 valence electrons. The van der Waals surface area contributed by atoms with Crippen LogP contribution in [-0.4, -0.2) is 37.7 Å². The van der Waals surface area contributed by atoms with Crippen molar-refractivity contribution in [1.29, 1.82) is 0 Å². The zero-order chi connectivity index (χ0) is 24.4. The van der Waals surface area contributed by atoms with Crippen molar-refractivity contribution in [2.24, 2.45) is 0 Å². The van der Waals surface area contributed by atoms with E-state index in [9.17, 15) is 8.42 Å². The Kier molecular flexibility index (Phi) is 7.25. The third-order valence-corrected chi connectivity index (χ3v) is 13.4. The lowest BCUT2D eigenvalue weighted by Gasteiger charge is -2.38. The number of fused-ring (bicyclic) bond motifs is 1. The molecule has 0 saturated carbocycles. The van der Waals surface area contributed by atoms with Gasteiger partial charge in [0, 0.05) is 23.7 Å². The van der Waals surface area contributed by atoms with Crippen molar-refractivity contribution in [3.05, 3.63) is 48.2 Å². The maximum absolute atomic E-state index is 12.0. The minimum absolute atomic E-state index is 0.242. The molecule has 0 amide bonds. The molecular formula is C25H32N4O2SSi. The lowest BCUT2D eigenvalue weighted by molar-refractivity contribution is 0.593. The van der Waals surface area contributed by atoms with Crippen LogP contribution in [-0.2, 0) is 9.84 Å². The number of hydrogen-bond acceptors (Lipinski definition) is 6. The van der Waals surface area contributed by atoms with Gasteiger partial charge in [0.15, 0.2) is 5.65 Å². The molecular weight excluding hydrogens is 448 g/mol. The smallest absolute Gasteiger partial charge is 0.248 e. The van der Waals surface area contributed by atoms with E-state index in [0.29, 0.717) is 33.5 Å². The van der Waals surface area contributed by atoms with Gasteiger partial charge in [-0.1, -0.05) is 65.7 Å². The SMILES string of the molecule is CC(C)[Si](C#Cc1cc(Nc2ccccc2)nc2nc(S(C)(=O)=O)ncc12)(C(C)C)C(C)C. The Balaban J connectivity index is 2.24. The van der Waals surface area contributed by atoms with Crippen molar-refractivity contribution in [3.63, 3.8) is 0 Å². The number of benzene rings is 1. The molecule has 0 fully saturated rings. The average Bonchev–Trinajstić information content (AvgIpc) is 2.73. The number of sulfone groups is 1. The monoisotopic (exact) mass is 480 g/mol. The van der Waals surface area contributed by atoms with Gasteiger partial charge in [0.1, 0.15) is 13.9 Å². The highest BCUT2D eigenvalue weighted by molar-refractivity contribution is 7.90. The summed E-state index contributed by atoms with van der Waals surface area (Å²) in [4.78, 5) is 12.9. The number of para-hydroxylation sites is 1. The van der Waals surface area contributed by atoms with Crippen molar-refractivity contribution in [1.82, 2.24) is 15.0 Å². The van der Waals surface area contributed by atoms with Crippen LogP contribution in [0.25, 0.3) is 11.0 Å². The Labute approximate surface area is 198 Å². The van der Waals surface area contributed by atoms with E-state index in [-0.39, 0.29) is 5.16 Å². The predicted molar refractivity (Wildman–Crippen MR) is 138 cm³/mol. The summed E-state index contributed by atoms with van der Waals surface area (Å²) in [5.74, 6) is 4.02. The van der Waals surface area contributed by atoms with E-state index in [4.69, 9.17) is 0 Å². The first-order valence-corrected chi connectivity index (χ1v) is 15.3. The van der Waals surface area contributed by atoms with E-state index in [2.05, 4.69) is 73.3 Å². The largest absolute Gasteiger partial charge is 0.340 e. The lowest BCUT2D eigenvalue weighted by atomic mass is 10.2. The molecule has 0 saturated heterocycles. The summed E-state index contributed by atoms with van der Waals surface area (Å²) in [6, 6.07) is 11.6. The van der Waals surface area contributed by atoms with Gasteiger partial charge in [-0.05, 0) is 34.8 Å². The third-order valence-electron chi connectivity index (χ3n) is 6.20. The van der Waals surface area contributed by atoms with E-state index in [1.54, 1.807) is 0 Å². The van der Waals surface area contributed by atoms with Gasteiger partial charge in [-0.15, -0.1) is 5.54 Å². The van der Waals surface area contributed by atoms with Crippen LogP contribution in [0.3, 0.4) is 0 Å². The van der Waals surface area contributed by atoms with Crippen molar-refractivity contribution in [2.75, 3.05) is 11.6 Å². The fourth-order valence-corrected chi connectivity index (χ4v) is 10.3. The minimum atomic E-state index is -3.56. The van der Waals surface area contributed by atoms with E-state index >= 15 is 0 Å². The standard InChI is InChI=1S/C25H32N4O2SSi/c1-17(2)33(18(3)4,19(5)6)14-13-20-15-23(27-21-11-9-8-10-12-21)28-24-22(20)16-26-25(29-24)32(7,30)31/h8-12,15-19H,1-7H3,(H,26,27,28,29). The summed E-state index contributed by atoms with van der Waals surface area (Å²) < 4.78 is 24.1. The molecule has 0 bridgehead atoms. The molecule has 0 aliphatic carbocycles. The number of aromatic nitrogens is 3. The first-order chi connectivity index (χ1) is 15.4. The van der Waals surface area contributed by atoms with Crippen LogP contribution in [0.4, 0.5) is 11.5 Å². The number of anilines is 2. The molecule has 2 heterocycles. The molecule has 0 aliphatic heterocycles. The molecule has 0 radical (unpaired) electrons. The van der Waals surface area contributed by atoms with E-state index in [1.165, 1.54) is 6.20 Å². The number of hydrogen-bond donors (Lipinski definition) is 1. The quantitative estimate of drug-likeness (QED) is 0.275. The molecule has 33 heavy (non-hydrogen) atoms. The highest BCUT2D eigenvalue weighted by Gasteiger charge is 2.41. The number of nitrogens with zero attached hydrogens (tertiary/aromatic N) is 3. The highest BCUT2D eigenvalue weighted by Crippen LogP contribution is 2.41. The normalized spacial score (nSPS) is 12.3. The Morgan fingerprint density at radius 2 is 1.55 bits per heavy atom. The molecule has 3 rings (SSSR count). The lowest BCUT2D eigenvalue weighted by Crippen LogP contribution is -2.43. The van der Waals surface area contributed by atoms with Crippen LogP contribution in [0.5, 0.6) is 0 Å². The van der Waals surface area contributed by atoms with Gasteiger partial charge in [0.25, 0.3) is 0 Å². The third kappa shape index (κ3) is 5.26. The van der Waals surface area contributed by atoms with Crippen LogP contribution in [0.1, 0.15) is 47.1 Å². The van der Waals surface area contributed by atoms with E-state index in [1.807, 2.05) is 36.4 Å². The van der Waals surface area contributed by atoms with Crippen molar-refractivity contribution >= 4 is 40.4 Å². The summed E-state index contributed by atoms with van der Waals surface area (Å²) in [5, 5.41) is 3.69. The molecule has 0 spiro atoms. The molecule has 0 aliphatic rings. The highest BCUT2D eigenvalue weighted by atomic mass is 32.2. The van der Waals surface area contributed by atoms with Gasteiger partial charge in [-0.3, -0.25) is 0 Å². The van der Waals surface area contributed by atoms with Gasteiger partial charge in [-0.25, -0.2) is 18.4 Å². The predicted octanol–water partition coefficient (Wildman–Crippen LogP) is 5.74. The van der Waals surface area contributed by atoms with Gasteiger partial charge in [-0.2, -0.15) is 4.98 Å². The number of pyridine rings is 1. The van der Waals surface area contributed by atoms with Crippen LogP contribution in [0.2, 0.25) is 16.6 Å². The van der Waals surface area contributed by atoms with E-state index < -0.39 is 17.9 Å². The van der Waals surface area contributed by atoms with Crippen molar-refractivity contribution < 1.29 is 8.42 Å². The first-order valence-electron chi connectivity index (χ1n) is 11.2. The molecule has 0 unspecified atom stereocenters. The topological polar surface area (TPSA) is 84.8 Å². The number of rotatable bonds is 6. The van der Waals surface area contributed by atoms with E-state index in [0.717, 1.165) is 17.5 Å². The van der Waals surface area contributed by atoms with Crippen LogP contribution in [0, 0.1) is 11.5 Å². The Hall–Kier alpha value is -2.76. The molecule has 8 heteroatoms. The Morgan fingerprint density at radius 3 is 2.09 bits per heavy atom. The summed E-state index contributed by atoms with van der Waals surface area (Å²) in [5.41, 5.74) is 7.14. The second-order valence-electron chi connectivity index (χ2n) is 9.36. The fourth-order valence-electron chi connectivity index (χ4n) is 4.62. The zero-order valence-electron chi connectivity index (χ0n) is 20.3. The van der Waals surface area contributed by atoms with Crippen molar-refractivity contribution in [3.8, 4) is 11.5 Å². The summed E-state index contributed by atoms with van der Waals surface area (Å²) in [6.07, 6.45) is 2.61. The van der Waals surface area contributed by atoms with Crippen LogP contribution < -0.4 is 5.32 Å². The second-order valence-corrected chi connectivity index (χ2v) is 16.8. The fraction of sp³-hybridized carbons (Fsp3) is 0.400.